The van der Waals surface area contributed by atoms with E-state index in [0.29, 0.717) is 6.42 Å². The zero-order valence-electron chi connectivity index (χ0n) is 13.7. The van der Waals surface area contributed by atoms with Gasteiger partial charge in [0, 0.05) is 0 Å². The van der Waals surface area contributed by atoms with E-state index in [2.05, 4.69) is 29.6 Å². The molecule has 0 aliphatic rings. The van der Waals surface area contributed by atoms with E-state index in [9.17, 15) is 4.79 Å². The summed E-state index contributed by atoms with van der Waals surface area (Å²) >= 11 is 0. The lowest BCUT2D eigenvalue weighted by atomic mass is 9.98. The highest BCUT2D eigenvalue weighted by Gasteiger charge is 2.18. The van der Waals surface area contributed by atoms with Crippen LogP contribution in [0.25, 0.3) is 0 Å². The molecule has 2 unspecified atom stereocenters. The molecule has 0 saturated carbocycles. The van der Waals surface area contributed by atoms with Gasteiger partial charge in [-0.3, -0.25) is 4.79 Å². The molecule has 2 rings (SSSR count). The van der Waals surface area contributed by atoms with Crippen LogP contribution in [0.5, 0.6) is 0 Å². The zero-order chi connectivity index (χ0) is 16.5. The molecule has 3 N–H and O–H groups in total. The van der Waals surface area contributed by atoms with Crippen molar-refractivity contribution in [3.05, 3.63) is 71.8 Å². The summed E-state index contributed by atoms with van der Waals surface area (Å²) in [5.41, 5.74) is 8.35. The van der Waals surface area contributed by atoms with Crippen molar-refractivity contribution in [1.82, 2.24) is 5.32 Å². The van der Waals surface area contributed by atoms with Crippen molar-refractivity contribution in [1.29, 1.82) is 0 Å². The quantitative estimate of drug-likeness (QED) is 0.782. The summed E-state index contributed by atoms with van der Waals surface area (Å²) in [6.07, 6.45) is 3.41. The van der Waals surface area contributed by atoms with E-state index >= 15 is 0 Å². The topological polar surface area (TPSA) is 55.1 Å². The molecule has 0 radical (unpaired) electrons. The lowest BCUT2D eigenvalue weighted by Gasteiger charge is -2.21. The molecule has 0 spiro atoms. The van der Waals surface area contributed by atoms with Gasteiger partial charge in [-0.2, -0.15) is 0 Å². The number of rotatable bonds is 8. The Balaban J connectivity index is 2.05. The predicted molar refractivity (Wildman–Crippen MR) is 95.0 cm³/mol. The molecule has 1 amide bonds. The third-order valence-corrected chi connectivity index (χ3v) is 4.02. The molecule has 3 nitrogen and oxygen atoms in total. The van der Waals surface area contributed by atoms with E-state index < -0.39 is 6.04 Å². The van der Waals surface area contributed by atoms with E-state index in [1.807, 2.05) is 43.3 Å². The highest BCUT2D eigenvalue weighted by atomic mass is 16.2. The summed E-state index contributed by atoms with van der Waals surface area (Å²) in [6, 6.07) is 20.0. The SMILES string of the molecule is CCCC(N)C(=O)NC(CCc1ccccc1)c1ccccc1. The van der Waals surface area contributed by atoms with E-state index in [4.69, 9.17) is 5.73 Å². The van der Waals surface area contributed by atoms with Crippen molar-refractivity contribution in [2.75, 3.05) is 0 Å². The molecular formula is C20H26N2O. The number of benzene rings is 2. The molecule has 0 saturated heterocycles. The first-order chi connectivity index (χ1) is 11.2. The van der Waals surface area contributed by atoms with Gasteiger partial charge in [0.15, 0.2) is 0 Å². The summed E-state index contributed by atoms with van der Waals surface area (Å²) in [7, 11) is 0. The van der Waals surface area contributed by atoms with E-state index in [0.717, 1.165) is 24.8 Å². The lowest BCUT2D eigenvalue weighted by Crippen LogP contribution is -2.42. The van der Waals surface area contributed by atoms with Crippen molar-refractivity contribution >= 4 is 5.91 Å². The van der Waals surface area contributed by atoms with Crippen molar-refractivity contribution in [2.24, 2.45) is 5.73 Å². The molecule has 3 heteroatoms. The smallest absolute Gasteiger partial charge is 0.237 e. The monoisotopic (exact) mass is 310 g/mol. The molecule has 2 atom stereocenters. The van der Waals surface area contributed by atoms with E-state index in [-0.39, 0.29) is 11.9 Å². The Hall–Kier alpha value is -2.13. The zero-order valence-corrected chi connectivity index (χ0v) is 13.7. The fraction of sp³-hybridized carbons (Fsp3) is 0.350. The van der Waals surface area contributed by atoms with Crippen LogP contribution in [-0.2, 0) is 11.2 Å². The van der Waals surface area contributed by atoms with Crippen LogP contribution in [0.4, 0.5) is 0 Å². The first-order valence-electron chi connectivity index (χ1n) is 8.35. The number of aryl methyl sites for hydroxylation is 1. The number of nitrogens with two attached hydrogens (primary N) is 1. The molecule has 0 aromatic heterocycles. The summed E-state index contributed by atoms with van der Waals surface area (Å²) in [5, 5.41) is 3.12. The van der Waals surface area contributed by atoms with Crippen LogP contribution in [-0.4, -0.2) is 11.9 Å². The Morgan fingerprint density at radius 1 is 1.00 bits per heavy atom. The number of hydrogen-bond acceptors (Lipinski definition) is 2. The molecule has 23 heavy (non-hydrogen) atoms. The van der Waals surface area contributed by atoms with Gasteiger partial charge in [0.05, 0.1) is 12.1 Å². The van der Waals surface area contributed by atoms with Crippen molar-refractivity contribution in [3.63, 3.8) is 0 Å². The summed E-state index contributed by atoms with van der Waals surface area (Å²) in [6.45, 7) is 2.04. The Kier molecular flexibility index (Phi) is 6.82. The third-order valence-electron chi connectivity index (χ3n) is 4.02. The summed E-state index contributed by atoms with van der Waals surface area (Å²) < 4.78 is 0. The molecule has 0 aliphatic carbocycles. The van der Waals surface area contributed by atoms with Crippen LogP contribution in [0.3, 0.4) is 0 Å². The Morgan fingerprint density at radius 2 is 1.61 bits per heavy atom. The molecule has 2 aromatic rings. The minimum Gasteiger partial charge on any atom is -0.348 e. The standard InChI is InChI=1S/C20H26N2O/c1-2-9-18(21)20(23)22-19(17-12-7-4-8-13-17)15-14-16-10-5-3-6-11-16/h3-8,10-13,18-19H,2,9,14-15,21H2,1H3,(H,22,23). The predicted octanol–water partition coefficient (Wildman–Crippen LogP) is 3.60. The minimum atomic E-state index is -0.428. The highest BCUT2D eigenvalue weighted by Crippen LogP contribution is 2.19. The van der Waals surface area contributed by atoms with Gasteiger partial charge in [0.1, 0.15) is 0 Å². The maximum absolute atomic E-state index is 12.3. The number of amides is 1. The Morgan fingerprint density at radius 3 is 2.22 bits per heavy atom. The molecular weight excluding hydrogens is 284 g/mol. The average Bonchev–Trinajstić information content (AvgIpc) is 2.60. The summed E-state index contributed by atoms with van der Waals surface area (Å²) in [5.74, 6) is -0.0613. The van der Waals surface area contributed by atoms with Gasteiger partial charge in [0.2, 0.25) is 5.91 Å². The van der Waals surface area contributed by atoms with Gasteiger partial charge in [-0.15, -0.1) is 0 Å². The van der Waals surface area contributed by atoms with Crippen LogP contribution in [0.2, 0.25) is 0 Å². The van der Waals surface area contributed by atoms with Crippen molar-refractivity contribution in [2.45, 2.75) is 44.7 Å². The first-order valence-corrected chi connectivity index (χ1v) is 8.35. The Bertz CT molecular complexity index is 583. The normalized spacial score (nSPS) is 13.3. The maximum atomic E-state index is 12.3. The fourth-order valence-corrected chi connectivity index (χ4v) is 2.68. The van der Waals surface area contributed by atoms with Crippen LogP contribution in [0.15, 0.2) is 60.7 Å². The van der Waals surface area contributed by atoms with Gasteiger partial charge in [-0.1, -0.05) is 74.0 Å². The molecule has 0 fully saturated rings. The average molecular weight is 310 g/mol. The number of nitrogens with one attached hydrogen (secondary N) is 1. The Labute approximate surface area is 138 Å². The van der Waals surface area contributed by atoms with Crippen LogP contribution in [0.1, 0.15) is 43.4 Å². The maximum Gasteiger partial charge on any atom is 0.237 e. The fourth-order valence-electron chi connectivity index (χ4n) is 2.68. The molecule has 0 bridgehead atoms. The van der Waals surface area contributed by atoms with Crippen LogP contribution in [0, 0.1) is 0 Å². The number of carbonyl (C=O) groups excluding carboxylic acids is 1. The van der Waals surface area contributed by atoms with Crippen LogP contribution < -0.4 is 11.1 Å². The molecule has 0 aliphatic heterocycles. The van der Waals surface area contributed by atoms with Crippen molar-refractivity contribution in [3.8, 4) is 0 Å². The lowest BCUT2D eigenvalue weighted by molar-refractivity contribution is -0.123. The van der Waals surface area contributed by atoms with Gasteiger partial charge < -0.3 is 11.1 Å². The van der Waals surface area contributed by atoms with Gasteiger partial charge in [-0.25, -0.2) is 0 Å². The first kappa shape index (κ1) is 17.2. The number of hydrogen-bond donors (Lipinski definition) is 2. The van der Waals surface area contributed by atoms with E-state index in [1.165, 1.54) is 5.56 Å². The second kappa shape index (κ2) is 9.11. The van der Waals surface area contributed by atoms with Crippen LogP contribution >= 0.6 is 0 Å². The minimum absolute atomic E-state index is 0.00758. The molecule has 2 aromatic carbocycles. The molecule has 122 valence electrons. The van der Waals surface area contributed by atoms with Gasteiger partial charge in [-0.05, 0) is 30.4 Å². The second-order valence-corrected chi connectivity index (χ2v) is 5.89. The van der Waals surface area contributed by atoms with Gasteiger partial charge in [0.25, 0.3) is 0 Å². The van der Waals surface area contributed by atoms with E-state index in [1.54, 1.807) is 0 Å². The van der Waals surface area contributed by atoms with Gasteiger partial charge >= 0.3 is 0 Å². The van der Waals surface area contributed by atoms with Crippen molar-refractivity contribution < 1.29 is 4.79 Å². The third kappa shape index (κ3) is 5.53. The molecule has 0 heterocycles. The number of carbonyl (C=O) groups is 1. The largest absolute Gasteiger partial charge is 0.348 e. The second-order valence-electron chi connectivity index (χ2n) is 5.89. The summed E-state index contributed by atoms with van der Waals surface area (Å²) in [4.78, 5) is 12.3. The highest BCUT2D eigenvalue weighted by molar-refractivity contribution is 5.81.